The van der Waals surface area contributed by atoms with Gasteiger partial charge in [-0.2, -0.15) is 0 Å². The summed E-state index contributed by atoms with van der Waals surface area (Å²) in [5.74, 6) is 0.198. The number of alkyl carbamates (subject to hydrolysis) is 1. The summed E-state index contributed by atoms with van der Waals surface area (Å²) in [5.41, 5.74) is 2.88. The Labute approximate surface area is 212 Å². The lowest BCUT2D eigenvalue weighted by Gasteiger charge is -2.24. The normalized spacial score (nSPS) is 12.4. The first kappa shape index (κ1) is 26.8. The van der Waals surface area contributed by atoms with Gasteiger partial charge in [-0.15, -0.1) is 0 Å². The molecule has 0 bridgehead atoms. The fraction of sp³-hybridized carbons (Fsp3) is 0.310. The van der Waals surface area contributed by atoms with Crippen molar-refractivity contribution in [1.29, 1.82) is 0 Å². The summed E-state index contributed by atoms with van der Waals surface area (Å²) in [5, 5.41) is 15.4. The first-order valence-electron chi connectivity index (χ1n) is 12.1. The van der Waals surface area contributed by atoms with Crippen LogP contribution in [0.5, 0.6) is 5.75 Å². The van der Waals surface area contributed by atoms with Crippen molar-refractivity contribution in [2.75, 3.05) is 6.61 Å². The number of hydrogen-bond donors (Lipinski definition) is 3. The second-order valence-electron chi connectivity index (χ2n) is 8.94. The summed E-state index contributed by atoms with van der Waals surface area (Å²) >= 11 is 0. The molecule has 0 saturated carbocycles. The molecule has 0 aliphatic carbocycles. The van der Waals surface area contributed by atoms with Gasteiger partial charge in [0.1, 0.15) is 25.0 Å². The average molecular weight is 491 g/mol. The maximum atomic E-state index is 12.9. The van der Waals surface area contributed by atoms with Crippen molar-refractivity contribution in [3.8, 4) is 5.75 Å². The van der Waals surface area contributed by atoms with Gasteiger partial charge in [0.15, 0.2) is 0 Å². The van der Waals surface area contributed by atoms with Crippen LogP contribution in [0.15, 0.2) is 84.9 Å². The topological polar surface area (TPSA) is 96.9 Å². The number of rotatable bonds is 12. The van der Waals surface area contributed by atoms with Crippen LogP contribution < -0.4 is 15.4 Å². The van der Waals surface area contributed by atoms with Crippen molar-refractivity contribution in [2.45, 2.75) is 45.6 Å². The van der Waals surface area contributed by atoms with E-state index in [1.807, 2.05) is 98.8 Å². The van der Waals surface area contributed by atoms with Crippen molar-refractivity contribution in [3.63, 3.8) is 0 Å². The van der Waals surface area contributed by atoms with Crippen LogP contribution in [-0.2, 0) is 29.2 Å². The maximum absolute atomic E-state index is 12.9. The van der Waals surface area contributed by atoms with Crippen molar-refractivity contribution < 1.29 is 24.2 Å². The molecule has 3 aromatic rings. The standard InChI is InChI=1S/C29H34N2O5/c1-21(2)27(31-29(34)36-20-24-11-7-4-8-12-24)28(33)30-25(18-32)17-22-13-15-26(16-14-22)35-19-23-9-5-3-6-10-23/h3-16,21,25,27,32H,17-20H2,1-2H3,(H,30,33)(H,31,34). The highest BCUT2D eigenvalue weighted by molar-refractivity contribution is 5.86. The van der Waals surface area contributed by atoms with Crippen LogP contribution in [0.2, 0.25) is 0 Å². The third-order valence-electron chi connectivity index (χ3n) is 5.66. The molecule has 0 aliphatic heterocycles. The number of aliphatic hydroxyl groups is 1. The van der Waals surface area contributed by atoms with E-state index in [9.17, 15) is 14.7 Å². The van der Waals surface area contributed by atoms with Gasteiger partial charge in [-0.1, -0.05) is 86.6 Å². The minimum atomic E-state index is -0.795. The van der Waals surface area contributed by atoms with Crippen LogP contribution in [0.4, 0.5) is 4.79 Å². The SMILES string of the molecule is CC(C)C(NC(=O)OCc1ccccc1)C(=O)NC(CO)Cc1ccc(OCc2ccccc2)cc1. The Morgan fingerprint density at radius 3 is 1.92 bits per heavy atom. The molecule has 0 aromatic heterocycles. The molecule has 2 amide bonds. The molecule has 190 valence electrons. The Morgan fingerprint density at radius 2 is 1.36 bits per heavy atom. The Morgan fingerprint density at radius 1 is 0.778 bits per heavy atom. The van der Waals surface area contributed by atoms with Gasteiger partial charge < -0.3 is 25.2 Å². The highest BCUT2D eigenvalue weighted by Gasteiger charge is 2.26. The van der Waals surface area contributed by atoms with E-state index in [0.717, 1.165) is 22.4 Å². The van der Waals surface area contributed by atoms with E-state index in [2.05, 4.69) is 10.6 Å². The van der Waals surface area contributed by atoms with Crippen molar-refractivity contribution in [1.82, 2.24) is 10.6 Å². The van der Waals surface area contributed by atoms with Crippen LogP contribution >= 0.6 is 0 Å². The molecule has 3 aromatic carbocycles. The van der Waals surface area contributed by atoms with Crippen molar-refractivity contribution >= 4 is 12.0 Å². The van der Waals surface area contributed by atoms with Gasteiger partial charge >= 0.3 is 6.09 Å². The van der Waals surface area contributed by atoms with E-state index >= 15 is 0 Å². The van der Waals surface area contributed by atoms with Crippen LogP contribution in [0.1, 0.15) is 30.5 Å². The monoisotopic (exact) mass is 490 g/mol. The number of nitrogens with one attached hydrogen (secondary N) is 2. The number of amides is 2. The molecule has 0 aliphatic rings. The minimum Gasteiger partial charge on any atom is -0.489 e. The van der Waals surface area contributed by atoms with Crippen LogP contribution in [0.3, 0.4) is 0 Å². The van der Waals surface area contributed by atoms with Gasteiger partial charge in [0, 0.05) is 0 Å². The fourth-order valence-electron chi connectivity index (χ4n) is 3.63. The summed E-state index contributed by atoms with van der Waals surface area (Å²) < 4.78 is 11.1. The Balaban J connectivity index is 1.49. The third-order valence-corrected chi connectivity index (χ3v) is 5.66. The molecule has 3 rings (SSSR count). The van der Waals surface area contributed by atoms with Crippen LogP contribution in [0, 0.1) is 5.92 Å². The number of benzene rings is 3. The highest BCUT2D eigenvalue weighted by atomic mass is 16.5. The lowest BCUT2D eigenvalue weighted by molar-refractivity contribution is -0.125. The molecule has 0 spiro atoms. The van der Waals surface area contributed by atoms with E-state index in [1.165, 1.54) is 0 Å². The van der Waals surface area contributed by atoms with E-state index in [-0.39, 0.29) is 25.0 Å². The maximum Gasteiger partial charge on any atom is 0.408 e. The quantitative estimate of drug-likeness (QED) is 0.353. The molecular formula is C29H34N2O5. The first-order valence-corrected chi connectivity index (χ1v) is 12.1. The summed E-state index contributed by atoms with van der Waals surface area (Å²) in [6.45, 7) is 4.03. The summed E-state index contributed by atoms with van der Waals surface area (Å²) in [7, 11) is 0. The second kappa shape index (κ2) is 13.9. The van der Waals surface area contributed by atoms with Crippen LogP contribution in [0.25, 0.3) is 0 Å². The second-order valence-corrected chi connectivity index (χ2v) is 8.94. The number of carbonyl (C=O) groups excluding carboxylic acids is 2. The predicted octanol–water partition coefficient (Wildman–Crippen LogP) is 4.24. The molecule has 2 atom stereocenters. The molecule has 0 radical (unpaired) electrons. The molecule has 2 unspecified atom stereocenters. The van der Waals surface area contributed by atoms with Crippen molar-refractivity contribution in [2.24, 2.45) is 5.92 Å². The van der Waals surface area contributed by atoms with Gasteiger partial charge in [-0.3, -0.25) is 4.79 Å². The number of carbonyl (C=O) groups is 2. The molecule has 0 heterocycles. The summed E-state index contributed by atoms with van der Waals surface area (Å²) in [6.07, 6.45) is -0.232. The minimum absolute atomic E-state index is 0.115. The van der Waals surface area contributed by atoms with E-state index in [1.54, 1.807) is 0 Å². The molecule has 36 heavy (non-hydrogen) atoms. The molecule has 3 N–H and O–H groups in total. The predicted molar refractivity (Wildman–Crippen MR) is 138 cm³/mol. The Kier molecular flexibility index (Phi) is 10.3. The molecule has 7 heteroatoms. The smallest absolute Gasteiger partial charge is 0.408 e. The van der Waals surface area contributed by atoms with E-state index < -0.39 is 18.2 Å². The van der Waals surface area contributed by atoms with Gasteiger partial charge in [0.05, 0.1) is 12.6 Å². The first-order chi connectivity index (χ1) is 17.4. The lowest BCUT2D eigenvalue weighted by atomic mass is 10.0. The highest BCUT2D eigenvalue weighted by Crippen LogP contribution is 2.16. The number of aliphatic hydroxyl groups excluding tert-OH is 1. The Bertz CT molecular complexity index is 1070. The van der Waals surface area contributed by atoms with E-state index in [4.69, 9.17) is 9.47 Å². The summed E-state index contributed by atoms with van der Waals surface area (Å²) in [4.78, 5) is 25.2. The Hall–Kier alpha value is -3.84. The van der Waals surface area contributed by atoms with Gasteiger partial charge in [0.2, 0.25) is 5.91 Å². The molecular weight excluding hydrogens is 456 g/mol. The van der Waals surface area contributed by atoms with E-state index in [0.29, 0.717) is 13.0 Å². The van der Waals surface area contributed by atoms with Gasteiger partial charge in [-0.05, 0) is 41.2 Å². The largest absolute Gasteiger partial charge is 0.489 e. The van der Waals surface area contributed by atoms with Gasteiger partial charge in [-0.25, -0.2) is 4.79 Å². The number of hydrogen-bond acceptors (Lipinski definition) is 5. The fourth-order valence-corrected chi connectivity index (χ4v) is 3.63. The molecule has 0 fully saturated rings. The zero-order valence-electron chi connectivity index (χ0n) is 20.7. The third kappa shape index (κ3) is 8.74. The van der Waals surface area contributed by atoms with Crippen LogP contribution in [-0.4, -0.2) is 35.8 Å². The molecule has 0 saturated heterocycles. The van der Waals surface area contributed by atoms with Gasteiger partial charge in [0.25, 0.3) is 0 Å². The van der Waals surface area contributed by atoms with Crippen molar-refractivity contribution in [3.05, 3.63) is 102 Å². The average Bonchev–Trinajstić information content (AvgIpc) is 2.90. The summed E-state index contributed by atoms with van der Waals surface area (Å²) in [6, 6.07) is 25.5. The zero-order valence-corrected chi connectivity index (χ0v) is 20.7. The zero-order chi connectivity index (χ0) is 25.8. The number of ether oxygens (including phenoxy) is 2. The molecule has 7 nitrogen and oxygen atoms in total. The lowest BCUT2D eigenvalue weighted by Crippen LogP contribution is -2.53.